The van der Waals surface area contributed by atoms with Crippen LogP contribution >= 0.6 is 11.8 Å². The molecule has 0 saturated carbocycles. The number of carbonyl (C=O) groups is 1. The topological polar surface area (TPSA) is 99.7 Å². The van der Waals surface area contributed by atoms with Gasteiger partial charge in [-0.2, -0.15) is 0 Å². The van der Waals surface area contributed by atoms with E-state index in [2.05, 4.69) is 4.98 Å². The number of rotatable bonds is 6. The highest BCUT2D eigenvalue weighted by Gasteiger charge is 2.21. The summed E-state index contributed by atoms with van der Waals surface area (Å²) in [7, 11) is 1.58. The van der Waals surface area contributed by atoms with Crippen molar-refractivity contribution in [1.29, 1.82) is 0 Å². The van der Waals surface area contributed by atoms with Crippen molar-refractivity contribution in [3.8, 4) is 11.4 Å². The molecule has 1 saturated heterocycles. The monoisotopic (exact) mass is 428 g/mol. The van der Waals surface area contributed by atoms with E-state index in [4.69, 9.17) is 9.47 Å². The Balaban J connectivity index is 1.73. The number of morpholine rings is 1. The molecule has 0 unspecified atom stereocenters. The van der Waals surface area contributed by atoms with Gasteiger partial charge in [0.05, 0.1) is 47.7 Å². The lowest BCUT2D eigenvalue weighted by atomic mass is 10.2. The second-order valence-electron chi connectivity index (χ2n) is 6.61. The number of amides is 1. The predicted molar refractivity (Wildman–Crippen MR) is 112 cm³/mol. The maximum atomic E-state index is 12.6. The van der Waals surface area contributed by atoms with Gasteiger partial charge in [-0.15, -0.1) is 0 Å². The Hall–Kier alpha value is -3.11. The molecule has 0 bridgehead atoms. The van der Waals surface area contributed by atoms with E-state index in [9.17, 15) is 14.9 Å². The molecular weight excluding hydrogens is 408 g/mol. The van der Waals surface area contributed by atoms with Crippen molar-refractivity contribution in [1.82, 2.24) is 14.5 Å². The van der Waals surface area contributed by atoms with Crippen molar-refractivity contribution >= 4 is 34.4 Å². The second-order valence-corrected chi connectivity index (χ2v) is 7.56. The average molecular weight is 428 g/mol. The normalized spacial score (nSPS) is 14.1. The first-order valence-electron chi connectivity index (χ1n) is 9.37. The zero-order valence-corrected chi connectivity index (χ0v) is 17.1. The zero-order chi connectivity index (χ0) is 21.1. The number of aromatic nitrogens is 2. The molecule has 156 valence electrons. The summed E-state index contributed by atoms with van der Waals surface area (Å²) < 4.78 is 12.7. The fourth-order valence-corrected chi connectivity index (χ4v) is 4.26. The number of nitro benzene ring substituents is 1. The van der Waals surface area contributed by atoms with Gasteiger partial charge >= 0.3 is 0 Å². The van der Waals surface area contributed by atoms with Crippen molar-refractivity contribution in [3.63, 3.8) is 0 Å². The highest BCUT2D eigenvalue weighted by atomic mass is 32.2. The number of nitrogens with zero attached hydrogens (tertiary/aromatic N) is 4. The highest BCUT2D eigenvalue weighted by Crippen LogP contribution is 2.33. The van der Waals surface area contributed by atoms with Crippen LogP contribution in [-0.2, 0) is 9.53 Å². The van der Waals surface area contributed by atoms with Crippen LogP contribution in [0.1, 0.15) is 0 Å². The number of benzene rings is 2. The minimum absolute atomic E-state index is 0.00733. The smallest absolute Gasteiger partial charge is 0.271 e. The zero-order valence-electron chi connectivity index (χ0n) is 16.3. The average Bonchev–Trinajstić information content (AvgIpc) is 3.15. The number of non-ortho nitro benzene ring substituents is 1. The maximum absolute atomic E-state index is 12.6. The fraction of sp³-hybridized carbons (Fsp3) is 0.300. The molecule has 1 aliphatic heterocycles. The summed E-state index contributed by atoms with van der Waals surface area (Å²) in [6.45, 7) is 2.24. The molecule has 2 heterocycles. The number of imidazole rings is 1. The molecule has 1 fully saturated rings. The third kappa shape index (κ3) is 3.96. The van der Waals surface area contributed by atoms with Crippen molar-refractivity contribution in [2.75, 3.05) is 39.2 Å². The molecule has 9 nitrogen and oxygen atoms in total. The lowest BCUT2D eigenvalue weighted by Crippen LogP contribution is -2.41. The van der Waals surface area contributed by atoms with E-state index >= 15 is 0 Å². The van der Waals surface area contributed by atoms with Gasteiger partial charge in [-0.1, -0.05) is 23.9 Å². The highest BCUT2D eigenvalue weighted by molar-refractivity contribution is 7.99. The van der Waals surface area contributed by atoms with E-state index in [1.807, 2.05) is 28.8 Å². The van der Waals surface area contributed by atoms with E-state index < -0.39 is 4.92 Å². The Labute approximate surface area is 176 Å². The quantitative estimate of drug-likeness (QED) is 0.338. The van der Waals surface area contributed by atoms with Crippen molar-refractivity contribution < 1.29 is 19.2 Å². The summed E-state index contributed by atoms with van der Waals surface area (Å²) in [4.78, 5) is 29.7. The van der Waals surface area contributed by atoms with Crippen LogP contribution in [0, 0.1) is 10.1 Å². The third-order valence-electron chi connectivity index (χ3n) is 4.83. The number of thioether (sulfide) groups is 1. The molecule has 10 heteroatoms. The van der Waals surface area contributed by atoms with Gasteiger partial charge in [-0.25, -0.2) is 4.98 Å². The van der Waals surface area contributed by atoms with Gasteiger partial charge in [-0.3, -0.25) is 19.5 Å². The minimum Gasteiger partial charge on any atom is -0.495 e. The SMILES string of the molecule is COc1ccccc1-n1c(SCC(=O)N2CCOCC2)nc2cc([N+](=O)[O-])ccc21. The first-order valence-corrected chi connectivity index (χ1v) is 10.4. The summed E-state index contributed by atoms with van der Waals surface area (Å²) in [5.74, 6) is 0.852. The molecule has 1 amide bonds. The molecular formula is C20H20N4O5S. The minimum atomic E-state index is -0.448. The van der Waals surface area contributed by atoms with Gasteiger partial charge in [-0.05, 0) is 18.2 Å². The van der Waals surface area contributed by atoms with Crippen molar-refractivity contribution in [3.05, 3.63) is 52.6 Å². The third-order valence-corrected chi connectivity index (χ3v) is 5.76. The van der Waals surface area contributed by atoms with Crippen LogP contribution in [0.25, 0.3) is 16.7 Å². The first-order chi connectivity index (χ1) is 14.6. The van der Waals surface area contributed by atoms with Crippen LogP contribution in [0.15, 0.2) is 47.6 Å². The summed E-state index contributed by atoms with van der Waals surface area (Å²) >= 11 is 1.30. The van der Waals surface area contributed by atoms with Crippen LogP contribution < -0.4 is 4.74 Å². The summed E-state index contributed by atoms with van der Waals surface area (Å²) in [5, 5.41) is 11.7. The molecule has 2 aromatic carbocycles. The molecule has 0 radical (unpaired) electrons. The second kappa shape index (κ2) is 8.72. The molecule has 1 aliphatic rings. The number of hydrogen-bond acceptors (Lipinski definition) is 7. The fourth-order valence-electron chi connectivity index (χ4n) is 3.33. The van der Waals surface area contributed by atoms with E-state index in [1.165, 1.54) is 23.9 Å². The molecule has 4 rings (SSSR count). The number of para-hydroxylation sites is 2. The Morgan fingerprint density at radius 1 is 1.27 bits per heavy atom. The van der Waals surface area contributed by atoms with Crippen LogP contribution in [0.3, 0.4) is 0 Å². The number of hydrogen-bond donors (Lipinski definition) is 0. The van der Waals surface area contributed by atoms with Gasteiger partial charge in [0, 0.05) is 25.2 Å². The molecule has 1 aromatic heterocycles. The largest absolute Gasteiger partial charge is 0.495 e. The number of methoxy groups -OCH3 is 1. The van der Waals surface area contributed by atoms with Crippen LogP contribution in [0.4, 0.5) is 5.69 Å². The Kier molecular flexibility index (Phi) is 5.86. The standard InChI is InChI=1S/C20H20N4O5S/c1-28-18-5-3-2-4-17(18)23-16-7-6-14(24(26)27)12-15(16)21-20(23)30-13-19(25)22-8-10-29-11-9-22/h2-7,12H,8-11,13H2,1H3. The molecule has 0 atom stereocenters. The molecule has 0 N–H and O–H groups in total. The van der Waals surface area contributed by atoms with Crippen LogP contribution in [-0.4, -0.2) is 64.4 Å². The Morgan fingerprint density at radius 2 is 2.03 bits per heavy atom. The number of nitro groups is 1. The van der Waals surface area contributed by atoms with Crippen molar-refractivity contribution in [2.45, 2.75) is 5.16 Å². The Bertz CT molecular complexity index is 1090. The van der Waals surface area contributed by atoms with Crippen molar-refractivity contribution in [2.24, 2.45) is 0 Å². The first kappa shape index (κ1) is 20.2. The molecule has 30 heavy (non-hydrogen) atoms. The number of carbonyl (C=O) groups excluding carboxylic acids is 1. The number of fused-ring (bicyclic) bond motifs is 1. The van der Waals surface area contributed by atoms with E-state index in [1.54, 1.807) is 18.1 Å². The molecule has 0 spiro atoms. The summed E-state index contributed by atoms with van der Waals surface area (Å²) in [6, 6.07) is 12.0. The lowest BCUT2D eigenvalue weighted by molar-refractivity contribution is -0.384. The Morgan fingerprint density at radius 3 is 2.77 bits per heavy atom. The van der Waals surface area contributed by atoms with Gasteiger partial charge in [0.1, 0.15) is 5.75 Å². The molecule has 3 aromatic rings. The van der Waals surface area contributed by atoms with E-state index in [0.717, 1.165) is 5.69 Å². The van der Waals surface area contributed by atoms with Gasteiger partial charge in [0.25, 0.3) is 5.69 Å². The molecule has 0 aliphatic carbocycles. The number of ether oxygens (including phenoxy) is 2. The van der Waals surface area contributed by atoms with Crippen LogP contribution in [0.5, 0.6) is 5.75 Å². The van der Waals surface area contributed by atoms with E-state index in [-0.39, 0.29) is 17.3 Å². The van der Waals surface area contributed by atoms with E-state index in [0.29, 0.717) is 48.2 Å². The van der Waals surface area contributed by atoms with Gasteiger partial charge in [0.2, 0.25) is 5.91 Å². The summed E-state index contributed by atoms with van der Waals surface area (Å²) in [5.41, 5.74) is 1.90. The predicted octanol–water partition coefficient (Wildman–Crippen LogP) is 2.89. The van der Waals surface area contributed by atoms with Gasteiger partial charge < -0.3 is 14.4 Å². The summed E-state index contributed by atoms with van der Waals surface area (Å²) in [6.07, 6.45) is 0. The maximum Gasteiger partial charge on any atom is 0.271 e. The van der Waals surface area contributed by atoms with Crippen LogP contribution in [0.2, 0.25) is 0 Å². The van der Waals surface area contributed by atoms with Gasteiger partial charge in [0.15, 0.2) is 5.16 Å². The lowest BCUT2D eigenvalue weighted by Gasteiger charge is -2.26.